The molecule has 0 aliphatic rings. The molecule has 0 aliphatic heterocycles. The van der Waals surface area contributed by atoms with Gasteiger partial charge in [-0.05, 0) is 25.2 Å². The van der Waals surface area contributed by atoms with Gasteiger partial charge < -0.3 is 5.32 Å². The fourth-order valence-corrected chi connectivity index (χ4v) is 1.51. The summed E-state index contributed by atoms with van der Waals surface area (Å²) in [7, 11) is 1.85. The molecule has 0 spiro atoms. The van der Waals surface area contributed by atoms with Crippen LogP contribution in [0.5, 0.6) is 0 Å². The van der Waals surface area contributed by atoms with Crippen molar-refractivity contribution in [3.8, 4) is 5.69 Å². The van der Waals surface area contributed by atoms with Crippen LogP contribution in [0.1, 0.15) is 5.69 Å². The van der Waals surface area contributed by atoms with Crippen LogP contribution in [0.3, 0.4) is 0 Å². The zero-order chi connectivity index (χ0) is 12.3. The van der Waals surface area contributed by atoms with E-state index >= 15 is 0 Å². The van der Waals surface area contributed by atoms with Crippen LogP contribution in [-0.4, -0.2) is 21.8 Å². The lowest BCUT2D eigenvalue weighted by molar-refractivity contribution is -0.384. The van der Waals surface area contributed by atoms with E-state index in [0.717, 1.165) is 11.4 Å². The van der Waals surface area contributed by atoms with E-state index in [2.05, 4.69) is 10.4 Å². The smallest absolute Gasteiger partial charge is 0.269 e. The molecule has 0 aliphatic carbocycles. The predicted octanol–water partition coefficient (Wildman–Crippen LogP) is 1.50. The van der Waals surface area contributed by atoms with Crippen LogP contribution >= 0.6 is 0 Å². The van der Waals surface area contributed by atoms with Crippen LogP contribution < -0.4 is 5.32 Å². The second-order valence-electron chi connectivity index (χ2n) is 3.56. The Kier molecular flexibility index (Phi) is 3.15. The molecule has 0 unspecified atom stereocenters. The number of hydrogen-bond acceptors (Lipinski definition) is 4. The fourth-order valence-electron chi connectivity index (χ4n) is 1.51. The average Bonchev–Trinajstić information content (AvgIpc) is 2.78. The van der Waals surface area contributed by atoms with E-state index in [0.29, 0.717) is 6.54 Å². The third-order valence-electron chi connectivity index (χ3n) is 2.33. The molecular formula is C11H12N4O2. The Labute approximate surface area is 98.0 Å². The number of benzene rings is 1. The van der Waals surface area contributed by atoms with Gasteiger partial charge in [-0.3, -0.25) is 10.1 Å². The number of aromatic nitrogens is 2. The van der Waals surface area contributed by atoms with E-state index in [1.165, 1.54) is 12.1 Å². The monoisotopic (exact) mass is 232 g/mol. The Morgan fingerprint density at radius 3 is 2.65 bits per heavy atom. The van der Waals surface area contributed by atoms with Gasteiger partial charge in [0, 0.05) is 24.9 Å². The Hall–Kier alpha value is -2.21. The topological polar surface area (TPSA) is 73.0 Å². The van der Waals surface area contributed by atoms with Crippen LogP contribution in [0, 0.1) is 10.1 Å². The molecule has 1 aromatic carbocycles. The lowest BCUT2D eigenvalue weighted by atomic mass is 10.3. The summed E-state index contributed by atoms with van der Waals surface area (Å²) < 4.78 is 1.69. The summed E-state index contributed by atoms with van der Waals surface area (Å²) in [5, 5.41) is 17.8. The highest BCUT2D eigenvalue weighted by atomic mass is 16.6. The van der Waals surface area contributed by atoms with Crippen LogP contribution in [-0.2, 0) is 6.54 Å². The molecule has 17 heavy (non-hydrogen) atoms. The van der Waals surface area contributed by atoms with Gasteiger partial charge in [0.1, 0.15) is 0 Å². The second kappa shape index (κ2) is 4.75. The van der Waals surface area contributed by atoms with Crippen LogP contribution in [0.25, 0.3) is 5.69 Å². The van der Waals surface area contributed by atoms with Crippen molar-refractivity contribution in [3.05, 3.63) is 52.3 Å². The molecule has 1 heterocycles. The minimum Gasteiger partial charge on any atom is -0.314 e. The highest BCUT2D eigenvalue weighted by molar-refractivity contribution is 5.40. The van der Waals surface area contributed by atoms with E-state index in [4.69, 9.17) is 0 Å². The molecule has 2 rings (SSSR count). The fraction of sp³-hybridized carbons (Fsp3) is 0.182. The summed E-state index contributed by atoms with van der Waals surface area (Å²) in [5.74, 6) is 0. The van der Waals surface area contributed by atoms with Crippen molar-refractivity contribution < 1.29 is 4.92 Å². The van der Waals surface area contributed by atoms with Gasteiger partial charge in [0.25, 0.3) is 5.69 Å². The van der Waals surface area contributed by atoms with Gasteiger partial charge in [0.05, 0.1) is 16.3 Å². The van der Waals surface area contributed by atoms with Gasteiger partial charge in [-0.2, -0.15) is 5.10 Å². The van der Waals surface area contributed by atoms with Gasteiger partial charge in [0.15, 0.2) is 0 Å². The maximum absolute atomic E-state index is 10.5. The molecule has 2 aromatic rings. The third-order valence-corrected chi connectivity index (χ3v) is 2.33. The summed E-state index contributed by atoms with van der Waals surface area (Å²) in [6.07, 6.45) is 1.83. The van der Waals surface area contributed by atoms with Crippen molar-refractivity contribution in [2.24, 2.45) is 0 Å². The van der Waals surface area contributed by atoms with Gasteiger partial charge in [-0.15, -0.1) is 0 Å². The summed E-state index contributed by atoms with van der Waals surface area (Å²) >= 11 is 0. The quantitative estimate of drug-likeness (QED) is 0.640. The van der Waals surface area contributed by atoms with Crippen molar-refractivity contribution in [2.45, 2.75) is 6.54 Å². The van der Waals surface area contributed by atoms with Crippen molar-refractivity contribution in [1.29, 1.82) is 0 Å². The van der Waals surface area contributed by atoms with Gasteiger partial charge in [0.2, 0.25) is 0 Å². The van der Waals surface area contributed by atoms with Crippen molar-refractivity contribution in [3.63, 3.8) is 0 Å². The SMILES string of the molecule is CNCc1ccn(-c2ccc([N+](=O)[O-])cc2)n1. The average molecular weight is 232 g/mol. The number of nitrogens with zero attached hydrogens (tertiary/aromatic N) is 3. The summed E-state index contributed by atoms with van der Waals surface area (Å²) in [6.45, 7) is 0.694. The van der Waals surface area contributed by atoms with Crippen LogP contribution in [0.4, 0.5) is 5.69 Å². The van der Waals surface area contributed by atoms with E-state index in [-0.39, 0.29) is 5.69 Å². The molecule has 1 N–H and O–H groups in total. The van der Waals surface area contributed by atoms with Crippen LogP contribution in [0.15, 0.2) is 36.5 Å². The normalized spacial score (nSPS) is 10.4. The maximum Gasteiger partial charge on any atom is 0.269 e. The van der Waals surface area contributed by atoms with Gasteiger partial charge >= 0.3 is 0 Å². The Morgan fingerprint density at radius 1 is 1.35 bits per heavy atom. The maximum atomic E-state index is 10.5. The van der Waals surface area contributed by atoms with Crippen molar-refractivity contribution >= 4 is 5.69 Å². The number of rotatable bonds is 4. The Morgan fingerprint density at radius 2 is 2.06 bits per heavy atom. The molecular weight excluding hydrogens is 220 g/mol. The van der Waals surface area contributed by atoms with E-state index in [9.17, 15) is 10.1 Å². The lowest BCUT2D eigenvalue weighted by Gasteiger charge is -2.00. The molecule has 6 nitrogen and oxygen atoms in total. The molecule has 0 amide bonds. The number of non-ortho nitro benzene ring substituents is 1. The highest BCUT2D eigenvalue weighted by Crippen LogP contribution is 2.14. The van der Waals surface area contributed by atoms with Crippen LogP contribution in [0.2, 0.25) is 0 Å². The molecule has 0 bridgehead atoms. The minimum atomic E-state index is -0.417. The number of nitrogens with one attached hydrogen (secondary N) is 1. The molecule has 0 atom stereocenters. The van der Waals surface area contributed by atoms with Crippen molar-refractivity contribution in [1.82, 2.24) is 15.1 Å². The van der Waals surface area contributed by atoms with Gasteiger partial charge in [-0.25, -0.2) is 4.68 Å². The van der Waals surface area contributed by atoms with E-state index < -0.39 is 4.92 Å². The third kappa shape index (κ3) is 2.48. The first-order chi connectivity index (χ1) is 8.20. The standard InChI is InChI=1S/C11H12N4O2/c1-12-8-9-6-7-14(13-9)10-2-4-11(5-3-10)15(16)17/h2-7,12H,8H2,1H3. The zero-order valence-electron chi connectivity index (χ0n) is 9.33. The first-order valence-corrected chi connectivity index (χ1v) is 5.14. The summed E-state index contributed by atoms with van der Waals surface area (Å²) in [6, 6.07) is 8.18. The Balaban J connectivity index is 2.23. The first-order valence-electron chi connectivity index (χ1n) is 5.14. The van der Waals surface area contributed by atoms with Crippen molar-refractivity contribution in [2.75, 3.05) is 7.05 Å². The summed E-state index contributed by atoms with van der Waals surface area (Å²) in [4.78, 5) is 10.1. The largest absolute Gasteiger partial charge is 0.314 e. The molecule has 0 saturated carbocycles. The molecule has 6 heteroatoms. The first kappa shape index (κ1) is 11.3. The van der Waals surface area contributed by atoms with E-state index in [1.807, 2.05) is 19.3 Å². The van der Waals surface area contributed by atoms with E-state index in [1.54, 1.807) is 16.8 Å². The minimum absolute atomic E-state index is 0.0800. The number of nitro benzene ring substituents is 1. The Bertz CT molecular complexity index is 519. The second-order valence-corrected chi connectivity index (χ2v) is 3.56. The number of hydrogen-bond donors (Lipinski definition) is 1. The lowest BCUT2D eigenvalue weighted by Crippen LogP contribution is -2.06. The molecule has 0 fully saturated rings. The zero-order valence-corrected chi connectivity index (χ0v) is 9.33. The molecule has 0 radical (unpaired) electrons. The highest BCUT2D eigenvalue weighted by Gasteiger charge is 2.05. The predicted molar refractivity (Wildman–Crippen MR) is 63.0 cm³/mol. The molecule has 88 valence electrons. The molecule has 0 saturated heterocycles. The number of nitro groups is 1. The summed E-state index contributed by atoms with van der Waals surface area (Å²) in [5.41, 5.74) is 1.81. The van der Waals surface area contributed by atoms with Gasteiger partial charge in [-0.1, -0.05) is 0 Å². The molecule has 1 aromatic heterocycles.